The number of benzene rings is 1. The molecule has 0 aliphatic rings. The maximum atomic E-state index is 5.68. The van der Waals surface area contributed by atoms with Crippen LogP contribution in [0.4, 0.5) is 5.69 Å². The predicted molar refractivity (Wildman–Crippen MR) is 70.8 cm³/mol. The number of anilines is 1. The van der Waals surface area contributed by atoms with Gasteiger partial charge in [0, 0.05) is 18.8 Å². The molecule has 2 aromatic rings. The average molecular weight is 296 g/mol. The zero-order chi connectivity index (χ0) is 12.4. The first-order valence-electron chi connectivity index (χ1n) is 5.24. The van der Waals surface area contributed by atoms with Crippen molar-refractivity contribution < 1.29 is 4.74 Å². The Hall–Kier alpha value is -1.49. The van der Waals surface area contributed by atoms with Gasteiger partial charge in [0.15, 0.2) is 0 Å². The molecule has 4 nitrogen and oxygen atoms in total. The molecule has 2 N–H and O–H groups in total. The van der Waals surface area contributed by atoms with E-state index in [2.05, 4.69) is 21.0 Å². The summed E-state index contributed by atoms with van der Waals surface area (Å²) < 4.78 is 8.48. The molecule has 90 valence electrons. The fourth-order valence-electron chi connectivity index (χ4n) is 1.59. The lowest BCUT2D eigenvalue weighted by Crippen LogP contribution is -2.03. The maximum absolute atomic E-state index is 5.68. The van der Waals surface area contributed by atoms with Gasteiger partial charge in [0.05, 0.1) is 15.9 Å². The molecular formula is C12H14BrN3O. The van der Waals surface area contributed by atoms with E-state index in [1.807, 2.05) is 36.9 Å². The van der Waals surface area contributed by atoms with Gasteiger partial charge in [-0.2, -0.15) is 5.10 Å². The number of halogens is 1. The minimum Gasteiger partial charge on any atom is -0.487 e. The van der Waals surface area contributed by atoms with Crippen molar-refractivity contribution in [2.45, 2.75) is 13.5 Å². The van der Waals surface area contributed by atoms with E-state index in [4.69, 9.17) is 10.5 Å². The average Bonchev–Trinajstić information content (AvgIpc) is 2.51. The predicted octanol–water partition coefficient (Wildman–Crippen LogP) is 2.65. The van der Waals surface area contributed by atoms with Gasteiger partial charge in [0.2, 0.25) is 0 Å². The van der Waals surface area contributed by atoms with E-state index in [-0.39, 0.29) is 0 Å². The second-order valence-corrected chi connectivity index (χ2v) is 4.62. The fraction of sp³-hybridized carbons (Fsp3) is 0.250. The van der Waals surface area contributed by atoms with Crippen LogP contribution in [-0.2, 0) is 13.7 Å². The topological polar surface area (TPSA) is 53.1 Å². The Morgan fingerprint density at radius 2 is 2.24 bits per heavy atom. The SMILES string of the molecule is Cc1nn(C)c(COc2cccc(N)c2)c1Br. The van der Waals surface area contributed by atoms with Crippen LogP contribution in [0.25, 0.3) is 0 Å². The van der Waals surface area contributed by atoms with Crippen molar-refractivity contribution in [1.29, 1.82) is 0 Å². The van der Waals surface area contributed by atoms with Crippen molar-refractivity contribution in [2.75, 3.05) is 5.73 Å². The molecule has 2 rings (SSSR count). The quantitative estimate of drug-likeness (QED) is 0.886. The molecule has 5 heteroatoms. The number of hydrogen-bond acceptors (Lipinski definition) is 3. The summed E-state index contributed by atoms with van der Waals surface area (Å²) in [5, 5.41) is 4.31. The largest absolute Gasteiger partial charge is 0.487 e. The van der Waals surface area contributed by atoms with Gasteiger partial charge in [-0.05, 0) is 35.0 Å². The zero-order valence-electron chi connectivity index (χ0n) is 9.77. The summed E-state index contributed by atoms with van der Waals surface area (Å²) in [5.74, 6) is 0.760. The molecule has 0 saturated carbocycles. The number of aryl methyl sites for hydroxylation is 2. The molecule has 0 radical (unpaired) electrons. The molecule has 0 saturated heterocycles. The van der Waals surface area contributed by atoms with Crippen molar-refractivity contribution in [2.24, 2.45) is 7.05 Å². The first-order valence-corrected chi connectivity index (χ1v) is 6.03. The molecule has 0 bridgehead atoms. The van der Waals surface area contributed by atoms with Crippen LogP contribution >= 0.6 is 15.9 Å². The Bertz CT molecular complexity index is 537. The lowest BCUT2D eigenvalue weighted by atomic mass is 10.3. The molecular weight excluding hydrogens is 282 g/mol. The molecule has 1 aromatic heterocycles. The Labute approximate surface area is 109 Å². The van der Waals surface area contributed by atoms with Crippen molar-refractivity contribution in [1.82, 2.24) is 9.78 Å². The van der Waals surface area contributed by atoms with E-state index in [1.165, 1.54) is 0 Å². The summed E-state index contributed by atoms with van der Waals surface area (Å²) in [6, 6.07) is 7.38. The van der Waals surface area contributed by atoms with Crippen molar-refractivity contribution in [3.05, 3.63) is 40.1 Å². The smallest absolute Gasteiger partial charge is 0.131 e. The Morgan fingerprint density at radius 1 is 1.47 bits per heavy atom. The minimum absolute atomic E-state index is 0.460. The Kier molecular flexibility index (Phi) is 3.38. The van der Waals surface area contributed by atoms with Crippen molar-refractivity contribution in [3.63, 3.8) is 0 Å². The standard InChI is InChI=1S/C12H14BrN3O/c1-8-12(13)11(16(2)15-8)7-17-10-5-3-4-9(14)6-10/h3-6H,7,14H2,1-2H3. The van der Waals surface area contributed by atoms with E-state index in [0.717, 1.165) is 21.6 Å². The summed E-state index contributed by atoms with van der Waals surface area (Å²) in [6.45, 7) is 2.41. The van der Waals surface area contributed by atoms with Gasteiger partial charge in [0.25, 0.3) is 0 Å². The number of aromatic nitrogens is 2. The van der Waals surface area contributed by atoms with E-state index >= 15 is 0 Å². The van der Waals surface area contributed by atoms with Crippen LogP contribution in [0.5, 0.6) is 5.75 Å². The van der Waals surface area contributed by atoms with Crippen LogP contribution in [0.15, 0.2) is 28.7 Å². The lowest BCUT2D eigenvalue weighted by Gasteiger charge is -2.07. The summed E-state index contributed by atoms with van der Waals surface area (Å²) in [7, 11) is 1.90. The summed E-state index contributed by atoms with van der Waals surface area (Å²) in [6.07, 6.45) is 0. The van der Waals surface area contributed by atoms with E-state index < -0.39 is 0 Å². The Balaban J connectivity index is 2.12. The number of hydrogen-bond donors (Lipinski definition) is 1. The third-order valence-corrected chi connectivity index (χ3v) is 3.53. The van der Waals surface area contributed by atoms with Gasteiger partial charge in [-0.1, -0.05) is 6.07 Å². The molecule has 1 heterocycles. The molecule has 0 amide bonds. The second-order valence-electron chi connectivity index (χ2n) is 3.83. The number of ether oxygens (including phenoxy) is 1. The Morgan fingerprint density at radius 3 is 2.82 bits per heavy atom. The molecule has 0 spiro atoms. The van der Waals surface area contributed by atoms with Crippen molar-refractivity contribution in [3.8, 4) is 5.75 Å². The van der Waals surface area contributed by atoms with Gasteiger partial charge in [0.1, 0.15) is 12.4 Å². The van der Waals surface area contributed by atoms with Crippen LogP contribution in [0.3, 0.4) is 0 Å². The molecule has 0 aliphatic carbocycles. The molecule has 0 unspecified atom stereocenters. The van der Waals surface area contributed by atoms with Gasteiger partial charge in [-0.3, -0.25) is 4.68 Å². The summed E-state index contributed by atoms with van der Waals surface area (Å²) in [4.78, 5) is 0. The van der Waals surface area contributed by atoms with Gasteiger partial charge >= 0.3 is 0 Å². The minimum atomic E-state index is 0.460. The first kappa shape index (κ1) is 12.0. The summed E-state index contributed by atoms with van der Waals surface area (Å²) >= 11 is 3.50. The number of nitrogen functional groups attached to an aromatic ring is 1. The number of rotatable bonds is 3. The molecule has 0 atom stereocenters. The van der Waals surface area contributed by atoms with Crippen LogP contribution < -0.4 is 10.5 Å². The highest BCUT2D eigenvalue weighted by molar-refractivity contribution is 9.10. The van der Waals surface area contributed by atoms with E-state index in [9.17, 15) is 0 Å². The normalized spacial score (nSPS) is 10.5. The van der Waals surface area contributed by atoms with Crippen LogP contribution in [-0.4, -0.2) is 9.78 Å². The lowest BCUT2D eigenvalue weighted by molar-refractivity contribution is 0.294. The third kappa shape index (κ3) is 2.61. The van der Waals surface area contributed by atoms with Gasteiger partial charge in [-0.15, -0.1) is 0 Å². The van der Waals surface area contributed by atoms with E-state index in [0.29, 0.717) is 12.3 Å². The maximum Gasteiger partial charge on any atom is 0.131 e. The van der Waals surface area contributed by atoms with Crippen LogP contribution in [0.2, 0.25) is 0 Å². The van der Waals surface area contributed by atoms with Crippen LogP contribution in [0.1, 0.15) is 11.4 Å². The van der Waals surface area contributed by atoms with Crippen molar-refractivity contribution >= 4 is 21.6 Å². The molecule has 1 aromatic carbocycles. The summed E-state index contributed by atoms with van der Waals surface area (Å²) in [5.41, 5.74) is 8.34. The second kappa shape index (κ2) is 4.79. The molecule has 17 heavy (non-hydrogen) atoms. The third-order valence-electron chi connectivity index (χ3n) is 2.50. The highest BCUT2D eigenvalue weighted by atomic mass is 79.9. The zero-order valence-corrected chi connectivity index (χ0v) is 11.4. The number of nitrogens with two attached hydrogens (primary N) is 1. The monoisotopic (exact) mass is 295 g/mol. The van der Waals surface area contributed by atoms with E-state index in [1.54, 1.807) is 6.07 Å². The number of nitrogens with zero attached hydrogens (tertiary/aromatic N) is 2. The van der Waals surface area contributed by atoms with Gasteiger partial charge < -0.3 is 10.5 Å². The fourth-order valence-corrected chi connectivity index (χ4v) is 2.04. The highest BCUT2D eigenvalue weighted by Gasteiger charge is 2.10. The van der Waals surface area contributed by atoms with Crippen LogP contribution in [0, 0.1) is 6.92 Å². The highest BCUT2D eigenvalue weighted by Crippen LogP contribution is 2.22. The van der Waals surface area contributed by atoms with Gasteiger partial charge in [-0.25, -0.2) is 0 Å². The molecule has 0 aliphatic heterocycles. The molecule has 0 fully saturated rings. The first-order chi connectivity index (χ1) is 8.08.